The molecule has 0 N–H and O–H groups in total. The van der Waals surface area contributed by atoms with Crippen molar-refractivity contribution in [3.05, 3.63) is 11.6 Å². The number of carbonyl (C=O) groups is 1. The molecular weight excluding hydrogens is 148 g/mol. The van der Waals surface area contributed by atoms with Crippen LogP contribution in [-0.2, 0) is 4.79 Å². The molecule has 12 heavy (non-hydrogen) atoms. The molecule has 2 rings (SSSR count). The molecule has 2 aliphatic rings. The second-order valence-electron chi connectivity index (χ2n) is 4.69. The van der Waals surface area contributed by atoms with Gasteiger partial charge in [-0.05, 0) is 42.6 Å². The van der Waals surface area contributed by atoms with Crippen LogP contribution >= 0.6 is 0 Å². The second-order valence-corrected chi connectivity index (χ2v) is 4.69. The van der Waals surface area contributed by atoms with Crippen molar-refractivity contribution in [1.82, 2.24) is 0 Å². The second kappa shape index (κ2) is 2.45. The highest BCUT2D eigenvalue weighted by atomic mass is 16.1. The Morgan fingerprint density at radius 1 is 1.42 bits per heavy atom. The molecule has 1 heteroatoms. The fourth-order valence-corrected chi connectivity index (χ4v) is 3.11. The lowest BCUT2D eigenvalue weighted by molar-refractivity contribution is -0.104. The monoisotopic (exact) mass is 164 g/mol. The van der Waals surface area contributed by atoms with Crippen molar-refractivity contribution in [1.29, 1.82) is 0 Å². The summed E-state index contributed by atoms with van der Waals surface area (Å²) in [5.74, 6) is 1.57. The zero-order valence-corrected chi connectivity index (χ0v) is 7.84. The minimum absolute atomic E-state index is 0.309. The number of hydrogen-bond donors (Lipinski definition) is 0. The van der Waals surface area contributed by atoms with Gasteiger partial charge in [-0.1, -0.05) is 19.4 Å². The van der Waals surface area contributed by atoms with Crippen LogP contribution in [0.25, 0.3) is 0 Å². The summed E-state index contributed by atoms with van der Waals surface area (Å²) in [7, 11) is 0. The van der Waals surface area contributed by atoms with E-state index < -0.39 is 0 Å². The smallest absolute Gasteiger partial charge is 0.142 e. The number of hydrogen-bond acceptors (Lipinski definition) is 1. The SMILES string of the molecule is CC1(C)C(=CC=O)C2CCC1C2. The van der Waals surface area contributed by atoms with Crippen molar-refractivity contribution < 1.29 is 4.79 Å². The third kappa shape index (κ3) is 0.886. The lowest BCUT2D eigenvalue weighted by atomic mass is 9.73. The van der Waals surface area contributed by atoms with Crippen LogP contribution in [0.4, 0.5) is 0 Å². The van der Waals surface area contributed by atoms with Gasteiger partial charge in [0.15, 0.2) is 0 Å². The van der Waals surface area contributed by atoms with Gasteiger partial charge in [0.2, 0.25) is 0 Å². The lowest BCUT2D eigenvalue weighted by Gasteiger charge is -2.32. The lowest BCUT2D eigenvalue weighted by Crippen LogP contribution is -2.22. The summed E-state index contributed by atoms with van der Waals surface area (Å²) in [5.41, 5.74) is 1.72. The summed E-state index contributed by atoms with van der Waals surface area (Å²) >= 11 is 0. The molecule has 2 saturated carbocycles. The first-order chi connectivity index (χ1) is 5.66. The standard InChI is InChI=1S/C11H16O/c1-11(2)9-4-3-8(7-9)10(11)5-6-12/h5-6,8-9H,3-4,7H2,1-2H3. The van der Waals surface area contributed by atoms with Crippen LogP contribution in [0.3, 0.4) is 0 Å². The van der Waals surface area contributed by atoms with Gasteiger partial charge in [0.25, 0.3) is 0 Å². The fourth-order valence-electron chi connectivity index (χ4n) is 3.11. The summed E-state index contributed by atoms with van der Waals surface area (Å²) in [4.78, 5) is 10.4. The van der Waals surface area contributed by atoms with Gasteiger partial charge in [-0.25, -0.2) is 0 Å². The summed E-state index contributed by atoms with van der Waals surface area (Å²) in [5, 5.41) is 0. The molecule has 0 radical (unpaired) electrons. The predicted molar refractivity (Wildman–Crippen MR) is 48.8 cm³/mol. The molecule has 2 fully saturated rings. The van der Waals surface area contributed by atoms with E-state index in [1.165, 1.54) is 24.8 Å². The van der Waals surface area contributed by atoms with E-state index in [-0.39, 0.29) is 0 Å². The van der Waals surface area contributed by atoms with Gasteiger partial charge in [-0.2, -0.15) is 0 Å². The highest BCUT2D eigenvalue weighted by Gasteiger charge is 2.48. The number of carbonyl (C=O) groups excluding carboxylic acids is 1. The Bertz CT molecular complexity index is 237. The van der Waals surface area contributed by atoms with E-state index in [0.29, 0.717) is 5.41 Å². The van der Waals surface area contributed by atoms with Crippen LogP contribution in [0.15, 0.2) is 11.6 Å². The minimum Gasteiger partial charge on any atom is -0.299 e. The van der Waals surface area contributed by atoms with Gasteiger partial charge in [-0.3, -0.25) is 4.79 Å². The molecule has 2 atom stereocenters. The topological polar surface area (TPSA) is 17.1 Å². The average molecular weight is 164 g/mol. The summed E-state index contributed by atoms with van der Waals surface area (Å²) < 4.78 is 0. The van der Waals surface area contributed by atoms with E-state index in [0.717, 1.165) is 18.1 Å². The van der Waals surface area contributed by atoms with Gasteiger partial charge in [0.1, 0.15) is 6.29 Å². The number of aldehydes is 1. The fraction of sp³-hybridized carbons (Fsp3) is 0.727. The molecule has 0 aromatic carbocycles. The Labute approximate surface area is 73.8 Å². The van der Waals surface area contributed by atoms with E-state index in [1.807, 2.05) is 6.08 Å². The number of rotatable bonds is 1. The maximum Gasteiger partial charge on any atom is 0.142 e. The van der Waals surface area contributed by atoms with Crippen molar-refractivity contribution in [3.8, 4) is 0 Å². The Kier molecular flexibility index (Phi) is 1.64. The molecule has 0 aromatic heterocycles. The highest BCUT2D eigenvalue weighted by molar-refractivity contribution is 5.67. The van der Waals surface area contributed by atoms with Gasteiger partial charge in [-0.15, -0.1) is 0 Å². The molecule has 0 amide bonds. The quantitative estimate of drug-likeness (QED) is 0.430. The van der Waals surface area contributed by atoms with Gasteiger partial charge in [0.05, 0.1) is 0 Å². The summed E-state index contributed by atoms with van der Waals surface area (Å²) in [6.07, 6.45) is 6.77. The Morgan fingerprint density at radius 2 is 2.17 bits per heavy atom. The molecule has 0 spiro atoms. The van der Waals surface area contributed by atoms with Gasteiger partial charge < -0.3 is 0 Å². The number of allylic oxidation sites excluding steroid dienone is 2. The van der Waals surface area contributed by atoms with Crippen molar-refractivity contribution in [2.75, 3.05) is 0 Å². The zero-order chi connectivity index (χ0) is 8.77. The molecule has 2 unspecified atom stereocenters. The molecule has 1 nitrogen and oxygen atoms in total. The summed E-state index contributed by atoms with van der Waals surface area (Å²) in [6.45, 7) is 4.57. The van der Waals surface area contributed by atoms with E-state index in [2.05, 4.69) is 13.8 Å². The third-order valence-electron chi connectivity index (χ3n) is 3.88. The van der Waals surface area contributed by atoms with Crippen molar-refractivity contribution in [3.63, 3.8) is 0 Å². The van der Waals surface area contributed by atoms with Crippen LogP contribution in [0.5, 0.6) is 0 Å². The Balaban J connectivity index is 2.35. The first-order valence-electron chi connectivity index (χ1n) is 4.82. The Hall–Kier alpha value is -0.590. The van der Waals surface area contributed by atoms with Crippen LogP contribution in [-0.4, -0.2) is 6.29 Å². The molecule has 0 aromatic rings. The molecule has 0 saturated heterocycles. The predicted octanol–water partition coefficient (Wildman–Crippen LogP) is 2.57. The van der Waals surface area contributed by atoms with Crippen molar-refractivity contribution >= 4 is 6.29 Å². The molecule has 66 valence electrons. The van der Waals surface area contributed by atoms with E-state index >= 15 is 0 Å². The van der Waals surface area contributed by atoms with Crippen LogP contribution in [0.2, 0.25) is 0 Å². The largest absolute Gasteiger partial charge is 0.299 e. The molecule has 2 aliphatic carbocycles. The van der Waals surface area contributed by atoms with E-state index in [1.54, 1.807) is 0 Å². The Morgan fingerprint density at radius 3 is 2.67 bits per heavy atom. The zero-order valence-electron chi connectivity index (χ0n) is 7.84. The molecule has 0 heterocycles. The maximum atomic E-state index is 10.4. The van der Waals surface area contributed by atoms with E-state index in [4.69, 9.17) is 0 Å². The normalized spacial score (nSPS) is 40.7. The van der Waals surface area contributed by atoms with Crippen molar-refractivity contribution in [2.45, 2.75) is 33.1 Å². The minimum atomic E-state index is 0.309. The van der Waals surface area contributed by atoms with Crippen molar-refractivity contribution in [2.24, 2.45) is 17.3 Å². The first kappa shape index (κ1) is 8.03. The van der Waals surface area contributed by atoms with Crippen LogP contribution in [0, 0.1) is 17.3 Å². The molecular formula is C11H16O. The first-order valence-corrected chi connectivity index (χ1v) is 4.82. The van der Waals surface area contributed by atoms with Gasteiger partial charge in [0, 0.05) is 0 Å². The third-order valence-corrected chi connectivity index (χ3v) is 3.88. The maximum absolute atomic E-state index is 10.4. The summed E-state index contributed by atoms with van der Waals surface area (Å²) in [6, 6.07) is 0. The van der Waals surface area contributed by atoms with Crippen LogP contribution < -0.4 is 0 Å². The molecule has 2 bridgehead atoms. The van der Waals surface area contributed by atoms with E-state index in [9.17, 15) is 4.79 Å². The van der Waals surface area contributed by atoms with Crippen LogP contribution in [0.1, 0.15) is 33.1 Å². The average Bonchev–Trinajstić information content (AvgIpc) is 2.53. The highest BCUT2D eigenvalue weighted by Crippen LogP contribution is 2.58. The molecule has 0 aliphatic heterocycles. The van der Waals surface area contributed by atoms with Gasteiger partial charge >= 0.3 is 0 Å². The number of fused-ring (bicyclic) bond motifs is 2.